The van der Waals surface area contributed by atoms with Crippen LogP contribution >= 0.6 is 0 Å². The summed E-state index contributed by atoms with van der Waals surface area (Å²) >= 11 is 0. The fraction of sp³-hybridized carbons (Fsp3) is 0.680. The van der Waals surface area contributed by atoms with E-state index in [1.807, 2.05) is 31.2 Å². The Kier molecular flexibility index (Phi) is 8.12. The average molecular weight is 384 g/mol. The quantitative estimate of drug-likeness (QED) is 0.498. The van der Waals surface area contributed by atoms with Crippen LogP contribution in [0.1, 0.15) is 89.0 Å². The molecule has 0 aromatic heterocycles. The summed E-state index contributed by atoms with van der Waals surface area (Å²) in [5.41, 5.74) is 2.06. The highest BCUT2D eigenvalue weighted by atomic mass is 16.1. The maximum Gasteiger partial charge on any atom is 0.224 e. The van der Waals surface area contributed by atoms with E-state index in [4.69, 9.17) is 0 Å². The minimum Gasteiger partial charge on any atom is -0.326 e. The van der Waals surface area contributed by atoms with Crippen molar-refractivity contribution in [1.82, 2.24) is 0 Å². The van der Waals surface area contributed by atoms with Gasteiger partial charge in [-0.1, -0.05) is 62.6 Å². The highest BCUT2D eigenvalue weighted by Crippen LogP contribution is 2.44. The predicted octanol–water partition coefficient (Wildman–Crippen LogP) is 6.45. The molecule has 1 aromatic carbocycles. The number of aryl methyl sites for hydroxylation is 1. The van der Waals surface area contributed by atoms with Crippen LogP contribution in [0.3, 0.4) is 0 Å². The van der Waals surface area contributed by atoms with E-state index in [9.17, 15) is 9.59 Å². The summed E-state index contributed by atoms with van der Waals surface area (Å²) in [7, 11) is 0. The van der Waals surface area contributed by atoms with Gasteiger partial charge in [-0.25, -0.2) is 0 Å². The SMILES string of the molecule is Cc1ccc(NC(=O)CCCCCCC(=O)C2CCCC3CCCCC32)cc1. The zero-order chi connectivity index (χ0) is 19.8. The van der Waals surface area contributed by atoms with Gasteiger partial charge in [0.2, 0.25) is 5.91 Å². The standard InChI is InChI=1S/C25H37NO2/c1-19-15-17-21(18-16-19)26-25(28)14-5-3-2-4-13-24(27)23-12-8-10-20-9-6-7-11-22(20)23/h15-18,20,22-23H,2-14H2,1H3,(H,26,28). The van der Waals surface area contributed by atoms with Crippen LogP contribution in [0.4, 0.5) is 5.69 Å². The Hall–Kier alpha value is -1.64. The molecule has 3 nitrogen and oxygen atoms in total. The molecule has 2 saturated carbocycles. The highest BCUT2D eigenvalue weighted by molar-refractivity contribution is 5.90. The lowest BCUT2D eigenvalue weighted by Gasteiger charge is -2.40. The lowest BCUT2D eigenvalue weighted by molar-refractivity contribution is -0.127. The molecule has 154 valence electrons. The Bertz CT molecular complexity index is 634. The molecule has 3 heteroatoms. The van der Waals surface area contributed by atoms with Crippen LogP contribution in [0.5, 0.6) is 0 Å². The molecular weight excluding hydrogens is 346 g/mol. The van der Waals surface area contributed by atoms with Crippen molar-refractivity contribution >= 4 is 17.4 Å². The van der Waals surface area contributed by atoms with Gasteiger partial charge in [-0.15, -0.1) is 0 Å². The zero-order valence-electron chi connectivity index (χ0n) is 17.6. The number of ketones is 1. The molecule has 1 N–H and O–H groups in total. The molecule has 0 heterocycles. The minimum absolute atomic E-state index is 0.0884. The second-order valence-corrected chi connectivity index (χ2v) is 9.04. The topological polar surface area (TPSA) is 46.2 Å². The van der Waals surface area contributed by atoms with E-state index in [0.29, 0.717) is 24.0 Å². The lowest BCUT2D eigenvalue weighted by Crippen LogP contribution is -2.35. The van der Waals surface area contributed by atoms with E-state index in [1.165, 1.54) is 44.1 Å². The van der Waals surface area contributed by atoms with Crippen LogP contribution in [0, 0.1) is 24.7 Å². The molecule has 28 heavy (non-hydrogen) atoms. The van der Waals surface area contributed by atoms with Crippen LogP contribution in [0.25, 0.3) is 0 Å². The van der Waals surface area contributed by atoms with Crippen LogP contribution in [0.2, 0.25) is 0 Å². The predicted molar refractivity (Wildman–Crippen MR) is 115 cm³/mol. The molecule has 0 spiro atoms. The van der Waals surface area contributed by atoms with E-state index in [0.717, 1.165) is 50.1 Å². The lowest BCUT2D eigenvalue weighted by atomic mass is 9.64. The van der Waals surface area contributed by atoms with E-state index >= 15 is 0 Å². The number of hydrogen-bond donors (Lipinski definition) is 1. The van der Waals surface area contributed by atoms with Crippen molar-refractivity contribution in [2.45, 2.75) is 90.4 Å². The Labute approximate surface area is 170 Å². The fourth-order valence-electron chi connectivity index (χ4n) is 5.32. The number of unbranched alkanes of at least 4 members (excludes halogenated alkanes) is 3. The molecule has 0 aliphatic heterocycles. The van der Waals surface area contributed by atoms with Gasteiger partial charge in [-0.05, 0) is 56.6 Å². The number of carbonyl (C=O) groups is 2. The van der Waals surface area contributed by atoms with Crippen molar-refractivity contribution in [1.29, 1.82) is 0 Å². The molecule has 1 amide bonds. The van der Waals surface area contributed by atoms with Gasteiger partial charge in [0, 0.05) is 24.4 Å². The van der Waals surface area contributed by atoms with Gasteiger partial charge in [0.05, 0.1) is 0 Å². The summed E-state index contributed by atoms with van der Waals surface area (Å²) in [6.45, 7) is 2.04. The van der Waals surface area contributed by atoms with Crippen molar-refractivity contribution in [2.24, 2.45) is 17.8 Å². The number of benzene rings is 1. The molecule has 0 bridgehead atoms. The Morgan fingerprint density at radius 1 is 0.857 bits per heavy atom. The van der Waals surface area contributed by atoms with E-state index in [1.54, 1.807) is 0 Å². The highest BCUT2D eigenvalue weighted by Gasteiger charge is 2.37. The summed E-state index contributed by atoms with van der Waals surface area (Å²) in [4.78, 5) is 24.8. The van der Waals surface area contributed by atoms with Crippen LogP contribution in [0.15, 0.2) is 24.3 Å². The van der Waals surface area contributed by atoms with E-state index in [-0.39, 0.29) is 5.91 Å². The third-order valence-corrected chi connectivity index (χ3v) is 6.90. The Balaban J connectivity index is 1.27. The Morgan fingerprint density at radius 2 is 1.54 bits per heavy atom. The van der Waals surface area contributed by atoms with Gasteiger partial charge in [-0.2, -0.15) is 0 Å². The third-order valence-electron chi connectivity index (χ3n) is 6.90. The number of nitrogens with one attached hydrogen (secondary N) is 1. The van der Waals surface area contributed by atoms with Crippen molar-refractivity contribution < 1.29 is 9.59 Å². The van der Waals surface area contributed by atoms with Crippen molar-refractivity contribution in [2.75, 3.05) is 5.32 Å². The molecule has 1 aromatic rings. The minimum atomic E-state index is 0.0884. The molecule has 0 radical (unpaired) electrons. The van der Waals surface area contributed by atoms with Crippen LogP contribution in [-0.2, 0) is 9.59 Å². The summed E-state index contributed by atoms with van der Waals surface area (Å²) in [5, 5.41) is 2.95. The largest absolute Gasteiger partial charge is 0.326 e. The molecular formula is C25H37NO2. The fourth-order valence-corrected chi connectivity index (χ4v) is 5.32. The smallest absolute Gasteiger partial charge is 0.224 e. The van der Waals surface area contributed by atoms with Gasteiger partial charge >= 0.3 is 0 Å². The number of amides is 1. The average Bonchev–Trinajstić information content (AvgIpc) is 2.71. The molecule has 2 aliphatic rings. The first-order chi connectivity index (χ1) is 13.6. The van der Waals surface area contributed by atoms with Gasteiger partial charge in [0.15, 0.2) is 0 Å². The molecule has 0 saturated heterocycles. The summed E-state index contributed by atoms with van der Waals surface area (Å²) in [6, 6.07) is 7.91. The summed E-state index contributed by atoms with van der Waals surface area (Å²) in [6.07, 6.45) is 14.4. The monoisotopic (exact) mass is 383 g/mol. The third kappa shape index (κ3) is 6.18. The molecule has 3 rings (SSSR count). The van der Waals surface area contributed by atoms with Gasteiger partial charge in [-0.3, -0.25) is 9.59 Å². The summed E-state index contributed by atoms with van der Waals surface area (Å²) in [5.74, 6) is 2.52. The first-order valence-corrected chi connectivity index (χ1v) is 11.5. The number of carbonyl (C=O) groups excluding carboxylic acids is 2. The first-order valence-electron chi connectivity index (χ1n) is 11.5. The maximum atomic E-state index is 12.8. The van der Waals surface area contributed by atoms with Gasteiger partial charge in [0.1, 0.15) is 5.78 Å². The van der Waals surface area contributed by atoms with E-state index < -0.39 is 0 Å². The molecule has 3 unspecified atom stereocenters. The molecule has 2 aliphatic carbocycles. The van der Waals surface area contributed by atoms with Gasteiger partial charge < -0.3 is 5.32 Å². The van der Waals surface area contributed by atoms with Crippen molar-refractivity contribution in [3.05, 3.63) is 29.8 Å². The Morgan fingerprint density at radius 3 is 2.32 bits per heavy atom. The normalized spacial score (nSPS) is 24.4. The van der Waals surface area contributed by atoms with Crippen molar-refractivity contribution in [3.63, 3.8) is 0 Å². The van der Waals surface area contributed by atoms with Crippen molar-refractivity contribution in [3.8, 4) is 0 Å². The van der Waals surface area contributed by atoms with Crippen LogP contribution < -0.4 is 5.32 Å². The second kappa shape index (κ2) is 10.8. The summed E-state index contributed by atoms with van der Waals surface area (Å²) < 4.78 is 0. The number of rotatable bonds is 9. The number of hydrogen-bond acceptors (Lipinski definition) is 2. The second-order valence-electron chi connectivity index (χ2n) is 9.04. The zero-order valence-corrected chi connectivity index (χ0v) is 17.6. The molecule has 3 atom stereocenters. The van der Waals surface area contributed by atoms with Crippen LogP contribution in [-0.4, -0.2) is 11.7 Å². The molecule has 2 fully saturated rings. The number of anilines is 1. The number of Topliss-reactive ketones (excluding diaryl/α,β-unsaturated/α-hetero) is 1. The number of fused-ring (bicyclic) bond motifs is 1. The van der Waals surface area contributed by atoms with Gasteiger partial charge in [0.25, 0.3) is 0 Å². The first kappa shape index (κ1) is 21.1. The van der Waals surface area contributed by atoms with E-state index in [2.05, 4.69) is 5.32 Å². The maximum absolute atomic E-state index is 12.8.